The Labute approximate surface area is 207 Å². The van der Waals surface area contributed by atoms with Gasteiger partial charge in [0.05, 0.1) is 22.6 Å². The molecule has 36 heavy (non-hydrogen) atoms. The molecule has 0 aliphatic rings. The van der Waals surface area contributed by atoms with E-state index in [0.717, 1.165) is 33.5 Å². The SMILES string of the molecule is Cc1cc(C(=O)Nc2cc(C(=O)c3ccc4c(/C=C/c5ccccn5)n[nH]c4c3)ccc2C)n(C)n1. The van der Waals surface area contributed by atoms with Crippen molar-refractivity contribution in [3.63, 3.8) is 0 Å². The number of aryl methyl sites for hydroxylation is 3. The second-order valence-electron chi connectivity index (χ2n) is 8.56. The number of hydrogen-bond acceptors (Lipinski definition) is 5. The Morgan fingerprint density at radius 2 is 1.78 bits per heavy atom. The molecule has 178 valence electrons. The molecule has 0 fully saturated rings. The summed E-state index contributed by atoms with van der Waals surface area (Å²) in [7, 11) is 1.72. The number of aromatic nitrogens is 5. The Kier molecular flexibility index (Phi) is 6.00. The van der Waals surface area contributed by atoms with E-state index < -0.39 is 0 Å². The molecule has 3 aromatic heterocycles. The van der Waals surface area contributed by atoms with Crippen LogP contribution in [0.4, 0.5) is 5.69 Å². The smallest absolute Gasteiger partial charge is 0.273 e. The highest BCUT2D eigenvalue weighted by molar-refractivity contribution is 6.12. The molecule has 5 rings (SSSR count). The minimum atomic E-state index is -0.282. The van der Waals surface area contributed by atoms with Crippen LogP contribution in [0.3, 0.4) is 0 Å². The summed E-state index contributed by atoms with van der Waals surface area (Å²) in [4.78, 5) is 30.4. The van der Waals surface area contributed by atoms with Crippen molar-refractivity contribution in [2.45, 2.75) is 13.8 Å². The molecule has 0 aliphatic heterocycles. The van der Waals surface area contributed by atoms with Gasteiger partial charge in [-0.2, -0.15) is 10.2 Å². The van der Waals surface area contributed by atoms with E-state index in [1.54, 1.807) is 43.6 Å². The molecule has 2 aromatic carbocycles. The van der Waals surface area contributed by atoms with E-state index in [1.807, 2.05) is 56.3 Å². The molecule has 1 amide bonds. The van der Waals surface area contributed by atoms with Crippen LogP contribution in [0.5, 0.6) is 0 Å². The molecule has 0 atom stereocenters. The van der Waals surface area contributed by atoms with Gasteiger partial charge in [0.2, 0.25) is 0 Å². The fraction of sp³-hybridized carbons (Fsp3) is 0.107. The number of aromatic amines is 1. The van der Waals surface area contributed by atoms with Crippen LogP contribution in [0.2, 0.25) is 0 Å². The molecule has 0 bridgehead atoms. The maximum Gasteiger partial charge on any atom is 0.273 e. The lowest BCUT2D eigenvalue weighted by Crippen LogP contribution is -2.17. The van der Waals surface area contributed by atoms with Crippen molar-refractivity contribution in [1.82, 2.24) is 25.0 Å². The quantitative estimate of drug-likeness (QED) is 0.337. The molecule has 0 aliphatic carbocycles. The highest BCUT2D eigenvalue weighted by Crippen LogP contribution is 2.24. The lowest BCUT2D eigenvalue weighted by Gasteiger charge is -2.11. The number of hydrogen-bond donors (Lipinski definition) is 2. The van der Waals surface area contributed by atoms with Crippen molar-refractivity contribution in [1.29, 1.82) is 0 Å². The van der Waals surface area contributed by atoms with Crippen LogP contribution in [0.25, 0.3) is 23.1 Å². The highest BCUT2D eigenvalue weighted by Gasteiger charge is 2.16. The molecule has 0 spiro atoms. The van der Waals surface area contributed by atoms with Crippen LogP contribution in [0.15, 0.2) is 66.9 Å². The van der Waals surface area contributed by atoms with Gasteiger partial charge in [-0.25, -0.2) is 0 Å². The van der Waals surface area contributed by atoms with Crippen molar-refractivity contribution in [2.75, 3.05) is 5.32 Å². The Morgan fingerprint density at radius 1 is 0.972 bits per heavy atom. The zero-order valence-electron chi connectivity index (χ0n) is 20.1. The average molecular weight is 477 g/mol. The Morgan fingerprint density at radius 3 is 2.53 bits per heavy atom. The third-order valence-corrected chi connectivity index (χ3v) is 5.94. The number of benzene rings is 2. The first kappa shape index (κ1) is 22.9. The molecule has 0 saturated carbocycles. The number of carbonyl (C=O) groups excluding carboxylic acids is 2. The summed E-state index contributed by atoms with van der Waals surface area (Å²) in [5.74, 6) is -0.431. The fourth-order valence-electron chi connectivity index (χ4n) is 4.02. The second kappa shape index (κ2) is 9.42. The van der Waals surface area contributed by atoms with E-state index in [9.17, 15) is 9.59 Å². The van der Waals surface area contributed by atoms with Crippen molar-refractivity contribution in [3.8, 4) is 0 Å². The van der Waals surface area contributed by atoms with Crippen molar-refractivity contribution >= 4 is 40.4 Å². The van der Waals surface area contributed by atoms with Crippen LogP contribution in [0, 0.1) is 13.8 Å². The lowest BCUT2D eigenvalue weighted by atomic mass is 9.99. The molecule has 0 radical (unpaired) electrons. The number of carbonyl (C=O) groups is 2. The monoisotopic (exact) mass is 476 g/mol. The number of nitrogens with zero attached hydrogens (tertiary/aromatic N) is 4. The number of nitrogens with one attached hydrogen (secondary N) is 2. The number of fused-ring (bicyclic) bond motifs is 1. The third-order valence-electron chi connectivity index (χ3n) is 5.94. The van der Waals surface area contributed by atoms with Gasteiger partial charge in [0.1, 0.15) is 5.69 Å². The first-order chi connectivity index (χ1) is 17.4. The van der Waals surface area contributed by atoms with Gasteiger partial charge in [0.25, 0.3) is 5.91 Å². The summed E-state index contributed by atoms with van der Waals surface area (Å²) in [5.41, 5.74) is 5.99. The average Bonchev–Trinajstić information content (AvgIpc) is 3.45. The first-order valence-electron chi connectivity index (χ1n) is 11.4. The van der Waals surface area contributed by atoms with Gasteiger partial charge in [-0.15, -0.1) is 0 Å². The van der Waals surface area contributed by atoms with Crippen LogP contribution >= 0.6 is 0 Å². The number of pyridine rings is 1. The van der Waals surface area contributed by atoms with Gasteiger partial charge >= 0.3 is 0 Å². The van der Waals surface area contributed by atoms with Crippen molar-refractivity contribution < 1.29 is 9.59 Å². The Bertz CT molecular complexity index is 1630. The summed E-state index contributed by atoms with van der Waals surface area (Å²) in [6.45, 7) is 3.71. The van der Waals surface area contributed by atoms with Gasteiger partial charge in [-0.05, 0) is 68.0 Å². The standard InChI is InChI=1S/C28H24N6O2/c1-17-7-8-19(15-24(17)30-28(36)26-14-18(2)33-34(26)3)27(35)20-9-11-22-23(31-32-25(22)16-20)12-10-21-6-4-5-13-29-21/h4-16H,1-3H3,(H,30,36)(H,31,32)/b12-10+. The molecular weight excluding hydrogens is 452 g/mol. The van der Waals surface area contributed by atoms with Gasteiger partial charge in [-0.3, -0.25) is 24.4 Å². The molecule has 0 saturated heterocycles. The Balaban J connectivity index is 1.39. The van der Waals surface area contributed by atoms with Crippen LogP contribution in [0.1, 0.15) is 49.1 Å². The van der Waals surface area contributed by atoms with Crippen LogP contribution < -0.4 is 5.32 Å². The van der Waals surface area contributed by atoms with Crippen LogP contribution in [-0.2, 0) is 7.05 Å². The maximum absolute atomic E-state index is 13.3. The van der Waals surface area contributed by atoms with E-state index in [0.29, 0.717) is 22.5 Å². The number of ketones is 1. The topological polar surface area (TPSA) is 106 Å². The summed E-state index contributed by atoms with van der Waals surface area (Å²) in [6, 6.07) is 18.2. The minimum Gasteiger partial charge on any atom is -0.320 e. The van der Waals surface area contributed by atoms with E-state index in [-0.39, 0.29) is 11.7 Å². The Hall–Kier alpha value is -4.85. The maximum atomic E-state index is 13.3. The summed E-state index contributed by atoms with van der Waals surface area (Å²) in [5, 5.41) is 15.4. The number of H-pyrrole nitrogens is 1. The molecule has 3 heterocycles. The van der Waals surface area contributed by atoms with Gasteiger partial charge in [0.15, 0.2) is 5.78 Å². The summed E-state index contributed by atoms with van der Waals surface area (Å²) < 4.78 is 1.54. The van der Waals surface area contributed by atoms with Gasteiger partial charge < -0.3 is 5.32 Å². The first-order valence-corrected chi connectivity index (χ1v) is 11.4. The van der Waals surface area contributed by atoms with Crippen molar-refractivity contribution in [2.24, 2.45) is 7.05 Å². The van der Waals surface area contributed by atoms with E-state index in [2.05, 4.69) is 25.6 Å². The van der Waals surface area contributed by atoms with Gasteiger partial charge in [-0.1, -0.05) is 24.3 Å². The van der Waals surface area contributed by atoms with Gasteiger partial charge in [0, 0.05) is 35.4 Å². The zero-order valence-corrected chi connectivity index (χ0v) is 20.1. The molecule has 8 nitrogen and oxygen atoms in total. The van der Waals surface area contributed by atoms with Crippen molar-refractivity contribution in [3.05, 3.63) is 106 Å². The zero-order chi connectivity index (χ0) is 25.2. The summed E-state index contributed by atoms with van der Waals surface area (Å²) >= 11 is 0. The number of amides is 1. The minimum absolute atomic E-state index is 0.149. The van der Waals surface area contributed by atoms with E-state index in [4.69, 9.17) is 0 Å². The third kappa shape index (κ3) is 4.56. The largest absolute Gasteiger partial charge is 0.320 e. The predicted octanol–water partition coefficient (Wildman–Crippen LogP) is 4.96. The fourth-order valence-corrected chi connectivity index (χ4v) is 4.02. The number of rotatable bonds is 6. The second-order valence-corrected chi connectivity index (χ2v) is 8.56. The number of anilines is 1. The molecule has 2 N–H and O–H groups in total. The lowest BCUT2D eigenvalue weighted by molar-refractivity contribution is 0.101. The normalized spacial score (nSPS) is 11.3. The summed E-state index contributed by atoms with van der Waals surface area (Å²) in [6.07, 6.45) is 5.52. The van der Waals surface area contributed by atoms with E-state index >= 15 is 0 Å². The highest BCUT2D eigenvalue weighted by atomic mass is 16.2. The van der Waals surface area contributed by atoms with Crippen LogP contribution in [-0.4, -0.2) is 36.7 Å². The molecule has 5 aromatic rings. The molecular formula is C28H24N6O2. The van der Waals surface area contributed by atoms with E-state index in [1.165, 1.54) is 4.68 Å². The predicted molar refractivity (Wildman–Crippen MR) is 140 cm³/mol. The molecule has 8 heteroatoms. The molecule has 0 unspecified atom stereocenters.